The van der Waals surface area contributed by atoms with Gasteiger partial charge in [0.1, 0.15) is 11.8 Å². The van der Waals surface area contributed by atoms with Crippen LogP contribution in [-0.4, -0.2) is 42.3 Å². The summed E-state index contributed by atoms with van der Waals surface area (Å²) in [6.45, 7) is 8.77. The number of ether oxygens (including phenoxy) is 1. The number of nitrogens with zero attached hydrogens (tertiary/aromatic N) is 2. The van der Waals surface area contributed by atoms with Crippen molar-refractivity contribution in [1.29, 1.82) is 0 Å². The number of anilines is 1. The van der Waals surface area contributed by atoms with E-state index in [1.807, 2.05) is 30.3 Å². The largest absolute Gasteiger partial charge is 0.497 e. The molecule has 2 aliphatic rings. The normalized spacial score (nSPS) is 21.2. The summed E-state index contributed by atoms with van der Waals surface area (Å²) in [4.78, 5) is 43.0. The number of rotatable bonds is 7. The van der Waals surface area contributed by atoms with Gasteiger partial charge in [-0.3, -0.25) is 14.4 Å². The molecule has 0 spiro atoms. The summed E-state index contributed by atoms with van der Waals surface area (Å²) in [5.74, 6) is -0.209. The van der Waals surface area contributed by atoms with Gasteiger partial charge in [0.2, 0.25) is 11.8 Å². The zero-order valence-electron chi connectivity index (χ0n) is 20.0. The maximum Gasteiger partial charge on any atom is 0.257 e. The van der Waals surface area contributed by atoms with Crippen LogP contribution in [0.2, 0.25) is 0 Å². The molecule has 1 atom stereocenters. The highest BCUT2D eigenvalue weighted by Gasteiger charge is 2.69. The molecule has 1 aliphatic carbocycles. The zero-order valence-corrected chi connectivity index (χ0v) is 20.0. The van der Waals surface area contributed by atoms with E-state index in [0.717, 1.165) is 5.56 Å². The maximum absolute atomic E-state index is 13.8. The van der Waals surface area contributed by atoms with Crippen LogP contribution in [0.15, 0.2) is 54.6 Å². The zero-order chi connectivity index (χ0) is 24.0. The molecular weight excluding hydrogens is 416 g/mol. The van der Waals surface area contributed by atoms with Crippen LogP contribution in [0.3, 0.4) is 0 Å². The fraction of sp³-hybridized carbons (Fsp3) is 0.444. The number of methoxy groups -OCH3 is 1. The summed E-state index contributed by atoms with van der Waals surface area (Å²) in [6, 6.07) is 15.9. The standard InChI is InChI=1S/C27H32N2O4/c1-26(2)23(27(26,3)4)25(32)28(16-15-18-9-7-6-8-10-18)21-17-22(30)29(24(21)31)19-11-13-20(33-5)14-12-19/h6-14,21,23H,15-17H2,1-5H3. The minimum absolute atomic E-state index is 0.00102. The van der Waals surface area contributed by atoms with Gasteiger partial charge >= 0.3 is 0 Å². The molecule has 6 nitrogen and oxygen atoms in total. The minimum Gasteiger partial charge on any atom is -0.497 e. The Balaban J connectivity index is 1.61. The Labute approximate surface area is 195 Å². The molecule has 33 heavy (non-hydrogen) atoms. The van der Waals surface area contributed by atoms with Crippen molar-refractivity contribution < 1.29 is 19.1 Å². The number of carbonyl (C=O) groups is 3. The fourth-order valence-electron chi connectivity index (χ4n) is 5.16. The van der Waals surface area contributed by atoms with Crippen LogP contribution < -0.4 is 9.64 Å². The topological polar surface area (TPSA) is 66.9 Å². The third kappa shape index (κ3) is 3.92. The molecule has 2 aromatic carbocycles. The second-order valence-corrected chi connectivity index (χ2v) is 10.1. The Kier molecular flexibility index (Phi) is 5.81. The van der Waals surface area contributed by atoms with Crippen molar-refractivity contribution in [3.8, 4) is 5.75 Å². The molecule has 3 amide bonds. The van der Waals surface area contributed by atoms with E-state index in [2.05, 4.69) is 27.7 Å². The van der Waals surface area contributed by atoms with Crippen LogP contribution in [0, 0.1) is 16.7 Å². The van der Waals surface area contributed by atoms with Gasteiger partial charge < -0.3 is 9.64 Å². The highest BCUT2D eigenvalue weighted by atomic mass is 16.5. The van der Waals surface area contributed by atoms with Crippen LogP contribution in [0.4, 0.5) is 5.69 Å². The third-order valence-corrected chi connectivity index (χ3v) is 7.86. The molecule has 2 fully saturated rings. The van der Waals surface area contributed by atoms with E-state index in [-0.39, 0.29) is 40.9 Å². The molecule has 0 radical (unpaired) electrons. The van der Waals surface area contributed by atoms with Crippen molar-refractivity contribution in [1.82, 2.24) is 4.90 Å². The van der Waals surface area contributed by atoms with E-state index in [1.165, 1.54) is 4.90 Å². The number of imide groups is 1. The number of benzene rings is 2. The van der Waals surface area contributed by atoms with E-state index < -0.39 is 6.04 Å². The van der Waals surface area contributed by atoms with Crippen molar-refractivity contribution in [3.05, 3.63) is 60.2 Å². The van der Waals surface area contributed by atoms with Gasteiger partial charge in [0.15, 0.2) is 0 Å². The molecular formula is C27H32N2O4. The molecule has 0 aromatic heterocycles. The lowest BCUT2D eigenvalue weighted by atomic mass is 10.0. The number of carbonyl (C=O) groups excluding carboxylic acids is 3. The molecule has 1 saturated carbocycles. The molecule has 1 aliphatic heterocycles. The molecule has 0 N–H and O–H groups in total. The second-order valence-electron chi connectivity index (χ2n) is 10.1. The summed E-state index contributed by atoms with van der Waals surface area (Å²) in [5, 5.41) is 0. The lowest BCUT2D eigenvalue weighted by molar-refractivity contribution is -0.140. The monoisotopic (exact) mass is 448 g/mol. The van der Waals surface area contributed by atoms with Crippen molar-refractivity contribution in [2.75, 3.05) is 18.6 Å². The van der Waals surface area contributed by atoms with Crippen LogP contribution in [0.25, 0.3) is 0 Å². The first-order valence-corrected chi connectivity index (χ1v) is 11.4. The summed E-state index contributed by atoms with van der Waals surface area (Å²) in [5.41, 5.74) is 1.27. The molecule has 174 valence electrons. The Bertz CT molecular complexity index is 1050. The van der Waals surface area contributed by atoms with E-state index in [1.54, 1.807) is 36.3 Å². The Morgan fingerprint density at radius 1 is 1.00 bits per heavy atom. The van der Waals surface area contributed by atoms with Crippen molar-refractivity contribution in [3.63, 3.8) is 0 Å². The summed E-state index contributed by atoms with van der Waals surface area (Å²) in [7, 11) is 1.56. The minimum atomic E-state index is -0.789. The predicted octanol–water partition coefficient (Wildman–Crippen LogP) is 4.08. The van der Waals surface area contributed by atoms with Gasteiger partial charge in [0.05, 0.1) is 19.2 Å². The van der Waals surface area contributed by atoms with Crippen LogP contribution in [-0.2, 0) is 20.8 Å². The summed E-state index contributed by atoms with van der Waals surface area (Å²) in [6.07, 6.45) is 0.625. The summed E-state index contributed by atoms with van der Waals surface area (Å²) >= 11 is 0. The van der Waals surface area contributed by atoms with Crippen molar-refractivity contribution >= 4 is 23.4 Å². The molecule has 4 rings (SSSR count). The first-order chi connectivity index (χ1) is 15.6. The number of amides is 3. The third-order valence-electron chi connectivity index (χ3n) is 7.86. The van der Waals surface area contributed by atoms with Gasteiger partial charge in [0.25, 0.3) is 5.91 Å². The SMILES string of the molecule is COc1ccc(N2C(=O)CC(N(CCc3ccccc3)C(=O)C3C(C)(C)C3(C)C)C2=O)cc1. The average molecular weight is 449 g/mol. The van der Waals surface area contributed by atoms with Crippen LogP contribution in [0.1, 0.15) is 39.7 Å². The number of hydrogen-bond donors (Lipinski definition) is 0. The second kappa shape index (κ2) is 8.32. The molecule has 1 unspecified atom stereocenters. The lowest BCUT2D eigenvalue weighted by Gasteiger charge is -2.29. The molecule has 2 aromatic rings. The van der Waals surface area contributed by atoms with E-state index in [9.17, 15) is 14.4 Å². The fourth-order valence-corrected chi connectivity index (χ4v) is 5.16. The van der Waals surface area contributed by atoms with E-state index in [0.29, 0.717) is 24.4 Å². The predicted molar refractivity (Wildman–Crippen MR) is 127 cm³/mol. The molecule has 0 bridgehead atoms. The first kappa shape index (κ1) is 23.0. The Morgan fingerprint density at radius 3 is 2.15 bits per heavy atom. The number of hydrogen-bond acceptors (Lipinski definition) is 4. The lowest BCUT2D eigenvalue weighted by Crippen LogP contribution is -2.47. The highest BCUT2D eigenvalue weighted by Crippen LogP contribution is 2.69. The maximum atomic E-state index is 13.8. The Hall–Kier alpha value is -3.15. The van der Waals surface area contributed by atoms with Gasteiger partial charge in [-0.25, -0.2) is 4.90 Å². The first-order valence-electron chi connectivity index (χ1n) is 11.4. The Morgan fingerprint density at radius 2 is 1.61 bits per heavy atom. The molecule has 1 heterocycles. The van der Waals surface area contributed by atoms with Gasteiger partial charge in [-0.05, 0) is 47.1 Å². The average Bonchev–Trinajstić information content (AvgIpc) is 3.02. The van der Waals surface area contributed by atoms with E-state index >= 15 is 0 Å². The van der Waals surface area contributed by atoms with Gasteiger partial charge in [-0.2, -0.15) is 0 Å². The molecule has 1 saturated heterocycles. The summed E-state index contributed by atoms with van der Waals surface area (Å²) < 4.78 is 5.18. The van der Waals surface area contributed by atoms with Gasteiger partial charge in [-0.15, -0.1) is 0 Å². The van der Waals surface area contributed by atoms with Crippen LogP contribution in [0.5, 0.6) is 5.75 Å². The van der Waals surface area contributed by atoms with Gasteiger partial charge in [-0.1, -0.05) is 58.0 Å². The van der Waals surface area contributed by atoms with E-state index in [4.69, 9.17) is 4.74 Å². The van der Waals surface area contributed by atoms with Crippen molar-refractivity contribution in [2.24, 2.45) is 16.7 Å². The van der Waals surface area contributed by atoms with Gasteiger partial charge in [0, 0.05) is 12.5 Å². The quantitative estimate of drug-likeness (QED) is 0.599. The van der Waals surface area contributed by atoms with Crippen molar-refractivity contribution in [2.45, 2.75) is 46.6 Å². The molecule has 6 heteroatoms. The smallest absolute Gasteiger partial charge is 0.257 e. The van der Waals surface area contributed by atoms with Crippen LogP contribution >= 0.6 is 0 Å². The highest BCUT2D eigenvalue weighted by molar-refractivity contribution is 6.23.